The molecular formula is C28H24F3N5O2S. The van der Waals surface area contributed by atoms with E-state index in [0.717, 1.165) is 45.4 Å². The van der Waals surface area contributed by atoms with E-state index in [2.05, 4.69) is 9.97 Å². The Hall–Kier alpha value is -4.38. The van der Waals surface area contributed by atoms with Crippen LogP contribution >= 0.6 is 11.3 Å². The first-order valence-corrected chi connectivity index (χ1v) is 12.7. The summed E-state index contributed by atoms with van der Waals surface area (Å²) in [5, 5.41) is 0.587. The zero-order valence-electron chi connectivity index (χ0n) is 21.2. The molecule has 11 heteroatoms. The summed E-state index contributed by atoms with van der Waals surface area (Å²) in [4.78, 5) is 23.1. The van der Waals surface area contributed by atoms with E-state index in [9.17, 15) is 18.0 Å². The van der Waals surface area contributed by atoms with E-state index >= 15 is 0 Å². The van der Waals surface area contributed by atoms with Gasteiger partial charge in [-0.15, -0.1) is 11.3 Å². The number of thiophene rings is 1. The second kappa shape index (κ2) is 10.1. The van der Waals surface area contributed by atoms with E-state index in [-0.39, 0.29) is 16.2 Å². The molecule has 0 saturated heterocycles. The molecule has 0 radical (unpaired) electrons. The minimum atomic E-state index is -4.54. The number of fused-ring (bicyclic) bond motifs is 1. The standard InChI is InChI=1S/C28H24F3N5O2S/c1-16(19-6-4-5-7-20(19)28(29,30)31)38-23-14-25(39-26(23)27(32)37)36-15-34-21-12-17(8-9-22(21)36)18-10-11-33-24(13-18)35(2)3/h4-16H,1-3H3,(H2,32,37)/t16-/m1/s1. The summed E-state index contributed by atoms with van der Waals surface area (Å²) < 4.78 is 48.3. The van der Waals surface area contributed by atoms with E-state index in [1.165, 1.54) is 25.1 Å². The van der Waals surface area contributed by atoms with Crippen LogP contribution in [0.2, 0.25) is 0 Å². The van der Waals surface area contributed by atoms with Crippen LogP contribution in [0.4, 0.5) is 19.0 Å². The summed E-state index contributed by atoms with van der Waals surface area (Å²) in [5.74, 6) is 0.201. The lowest BCUT2D eigenvalue weighted by Gasteiger charge is -2.19. The van der Waals surface area contributed by atoms with Crippen LogP contribution in [0.5, 0.6) is 5.75 Å². The fourth-order valence-electron chi connectivity index (χ4n) is 4.31. The third-order valence-electron chi connectivity index (χ3n) is 6.24. The molecule has 0 fully saturated rings. The first kappa shape index (κ1) is 26.2. The van der Waals surface area contributed by atoms with Crippen LogP contribution in [-0.4, -0.2) is 34.5 Å². The van der Waals surface area contributed by atoms with Gasteiger partial charge in [0.2, 0.25) is 0 Å². The molecule has 7 nitrogen and oxygen atoms in total. The maximum atomic E-state index is 13.5. The normalized spacial score (nSPS) is 12.5. The van der Waals surface area contributed by atoms with Crippen molar-refractivity contribution in [2.75, 3.05) is 19.0 Å². The Balaban J connectivity index is 1.49. The number of rotatable bonds is 7. The first-order chi connectivity index (χ1) is 18.5. The van der Waals surface area contributed by atoms with Crippen LogP contribution in [0, 0.1) is 0 Å². The van der Waals surface area contributed by atoms with Gasteiger partial charge in [-0.3, -0.25) is 9.36 Å². The van der Waals surface area contributed by atoms with Crippen LogP contribution in [0.15, 0.2) is 73.2 Å². The molecule has 5 rings (SSSR count). The number of nitrogens with two attached hydrogens (primary N) is 1. The minimum absolute atomic E-state index is 0.0395. The Morgan fingerprint density at radius 2 is 1.79 bits per heavy atom. The maximum Gasteiger partial charge on any atom is 0.416 e. The predicted octanol–water partition coefficient (Wildman–Crippen LogP) is 6.47. The van der Waals surface area contributed by atoms with Gasteiger partial charge in [0.05, 0.1) is 16.6 Å². The summed E-state index contributed by atoms with van der Waals surface area (Å²) in [6.07, 6.45) is -2.16. The van der Waals surface area contributed by atoms with Gasteiger partial charge in [-0.25, -0.2) is 9.97 Å². The van der Waals surface area contributed by atoms with Gasteiger partial charge >= 0.3 is 6.18 Å². The van der Waals surface area contributed by atoms with Crippen LogP contribution in [0.1, 0.15) is 33.8 Å². The molecule has 0 unspecified atom stereocenters. The van der Waals surface area contributed by atoms with Crippen molar-refractivity contribution in [3.63, 3.8) is 0 Å². The van der Waals surface area contributed by atoms with Crippen molar-refractivity contribution in [1.82, 2.24) is 14.5 Å². The summed E-state index contributed by atoms with van der Waals surface area (Å²) >= 11 is 1.08. The molecule has 3 aromatic heterocycles. The Bertz CT molecular complexity index is 1680. The number of aromatic nitrogens is 3. The van der Waals surface area contributed by atoms with Gasteiger partial charge in [-0.1, -0.05) is 24.3 Å². The average Bonchev–Trinajstić information content (AvgIpc) is 3.52. The molecule has 0 aliphatic heterocycles. The van der Waals surface area contributed by atoms with Crippen LogP contribution in [-0.2, 0) is 6.18 Å². The lowest BCUT2D eigenvalue weighted by molar-refractivity contribution is -0.139. The highest BCUT2D eigenvalue weighted by Gasteiger charge is 2.35. The summed E-state index contributed by atoms with van der Waals surface area (Å²) in [5.41, 5.74) is 8.22. The van der Waals surface area contributed by atoms with Crippen molar-refractivity contribution in [1.29, 1.82) is 0 Å². The molecular weight excluding hydrogens is 527 g/mol. The first-order valence-electron chi connectivity index (χ1n) is 11.9. The zero-order valence-corrected chi connectivity index (χ0v) is 22.0. The summed E-state index contributed by atoms with van der Waals surface area (Å²) in [7, 11) is 3.85. The molecule has 200 valence electrons. The topological polar surface area (TPSA) is 86.3 Å². The van der Waals surface area contributed by atoms with Crippen LogP contribution in [0.3, 0.4) is 0 Å². The lowest BCUT2D eigenvalue weighted by Crippen LogP contribution is -2.15. The van der Waals surface area contributed by atoms with E-state index in [1.807, 2.05) is 49.3 Å². The quantitative estimate of drug-likeness (QED) is 0.251. The molecule has 1 atom stereocenters. The Morgan fingerprint density at radius 3 is 2.51 bits per heavy atom. The smallest absolute Gasteiger partial charge is 0.416 e. The number of anilines is 1. The van der Waals surface area contributed by atoms with Gasteiger partial charge in [0.15, 0.2) is 0 Å². The summed E-state index contributed by atoms with van der Waals surface area (Å²) in [6, 6.07) is 16.5. The van der Waals surface area contributed by atoms with Gasteiger partial charge in [0.1, 0.15) is 33.9 Å². The number of amides is 1. The average molecular weight is 552 g/mol. The van der Waals surface area contributed by atoms with Crippen molar-refractivity contribution in [2.45, 2.75) is 19.2 Å². The molecule has 0 aliphatic rings. The van der Waals surface area contributed by atoms with Gasteiger partial charge in [0, 0.05) is 31.9 Å². The minimum Gasteiger partial charge on any atom is -0.484 e. The van der Waals surface area contributed by atoms with Gasteiger partial charge in [-0.2, -0.15) is 13.2 Å². The Morgan fingerprint density at radius 1 is 1.05 bits per heavy atom. The Labute approximate surface area is 226 Å². The second-order valence-corrected chi connectivity index (χ2v) is 10.1. The molecule has 5 aromatic rings. The zero-order chi connectivity index (χ0) is 27.9. The number of ether oxygens (including phenoxy) is 1. The van der Waals surface area contributed by atoms with Crippen molar-refractivity contribution in [2.24, 2.45) is 5.73 Å². The molecule has 0 bridgehead atoms. The highest BCUT2D eigenvalue weighted by molar-refractivity contribution is 7.16. The highest BCUT2D eigenvalue weighted by atomic mass is 32.1. The van der Waals surface area contributed by atoms with E-state index in [4.69, 9.17) is 10.5 Å². The molecule has 39 heavy (non-hydrogen) atoms. The van der Waals surface area contributed by atoms with Crippen molar-refractivity contribution in [3.8, 4) is 21.9 Å². The van der Waals surface area contributed by atoms with Gasteiger partial charge < -0.3 is 15.4 Å². The molecule has 2 aromatic carbocycles. The monoisotopic (exact) mass is 551 g/mol. The van der Waals surface area contributed by atoms with Crippen molar-refractivity contribution < 1.29 is 22.7 Å². The van der Waals surface area contributed by atoms with E-state index in [0.29, 0.717) is 5.00 Å². The number of hydrogen-bond acceptors (Lipinski definition) is 6. The molecule has 1 amide bonds. The molecule has 0 aliphatic carbocycles. The number of benzene rings is 2. The number of halogens is 3. The van der Waals surface area contributed by atoms with Crippen molar-refractivity contribution >= 4 is 34.1 Å². The second-order valence-electron chi connectivity index (χ2n) is 9.10. The maximum absolute atomic E-state index is 13.5. The Kier molecular flexibility index (Phi) is 6.77. The van der Waals surface area contributed by atoms with Crippen molar-refractivity contribution in [3.05, 3.63) is 89.2 Å². The number of imidazole rings is 1. The number of carbonyl (C=O) groups excluding carboxylic acids is 1. The summed E-state index contributed by atoms with van der Waals surface area (Å²) in [6.45, 7) is 1.50. The number of primary amides is 1. The lowest BCUT2D eigenvalue weighted by atomic mass is 10.0. The predicted molar refractivity (Wildman–Crippen MR) is 146 cm³/mol. The molecule has 3 heterocycles. The molecule has 0 saturated carbocycles. The fraction of sp³-hybridized carbons (Fsp3) is 0.179. The van der Waals surface area contributed by atoms with Crippen LogP contribution < -0.4 is 15.4 Å². The largest absolute Gasteiger partial charge is 0.484 e. The molecule has 2 N–H and O–H groups in total. The third-order valence-corrected chi connectivity index (χ3v) is 7.37. The van der Waals surface area contributed by atoms with E-state index in [1.54, 1.807) is 23.2 Å². The molecule has 0 spiro atoms. The van der Waals surface area contributed by atoms with Gasteiger partial charge in [0.25, 0.3) is 5.91 Å². The number of pyridine rings is 1. The number of alkyl halides is 3. The van der Waals surface area contributed by atoms with Gasteiger partial charge in [-0.05, 0) is 48.4 Å². The third kappa shape index (κ3) is 5.17. The van der Waals surface area contributed by atoms with Crippen LogP contribution in [0.25, 0.3) is 27.2 Å². The number of carbonyl (C=O) groups is 1. The SMILES string of the molecule is C[C@@H](Oc1cc(-n2cnc3cc(-c4ccnc(N(C)C)c4)ccc32)sc1C(N)=O)c1ccccc1C(F)(F)F. The number of nitrogens with zero attached hydrogens (tertiary/aromatic N) is 4. The fourth-order valence-corrected chi connectivity index (χ4v) is 5.24. The van der Waals surface area contributed by atoms with E-state index < -0.39 is 23.8 Å². The highest BCUT2D eigenvalue weighted by Crippen LogP contribution is 2.39. The number of hydrogen-bond donors (Lipinski definition) is 1.